The fourth-order valence-corrected chi connectivity index (χ4v) is 0.742. The van der Waals surface area contributed by atoms with Gasteiger partial charge in [-0.25, -0.2) is 4.79 Å². The van der Waals surface area contributed by atoms with Crippen LogP contribution >= 0.6 is 0 Å². The summed E-state index contributed by atoms with van der Waals surface area (Å²) in [4.78, 5) is 10.7. The highest BCUT2D eigenvalue weighted by atomic mass is 16.5. The number of carbonyl (C=O) groups is 1. The van der Waals surface area contributed by atoms with Gasteiger partial charge in [-0.3, -0.25) is 0 Å². The first kappa shape index (κ1) is 9.95. The minimum atomic E-state index is -0.306. The zero-order valence-electron chi connectivity index (χ0n) is 7.47. The molecule has 0 heterocycles. The molecule has 2 heteroatoms. The third-order valence-corrected chi connectivity index (χ3v) is 1.06. The van der Waals surface area contributed by atoms with Crippen molar-refractivity contribution in [2.24, 2.45) is 0 Å². The number of rotatable bonds is 2. The summed E-state index contributed by atoms with van der Waals surface area (Å²) in [5.41, 5.74) is 2.08. The number of allylic oxidation sites excluding steroid dienone is 3. The second-order valence-corrected chi connectivity index (χ2v) is 2.63. The fraction of sp³-hybridized carbons (Fsp3) is 0.444. The summed E-state index contributed by atoms with van der Waals surface area (Å²) < 4.78 is 4.46. The monoisotopic (exact) mass is 154 g/mol. The van der Waals surface area contributed by atoms with Gasteiger partial charge in [-0.2, -0.15) is 0 Å². The molecule has 0 unspecified atom stereocenters. The van der Waals surface area contributed by atoms with Crippen LogP contribution in [0, 0.1) is 0 Å². The molecule has 0 fully saturated rings. The molecule has 0 aromatic heterocycles. The second kappa shape index (κ2) is 4.72. The van der Waals surface area contributed by atoms with Crippen LogP contribution in [0.5, 0.6) is 0 Å². The van der Waals surface area contributed by atoms with Crippen LogP contribution in [0.1, 0.15) is 20.8 Å². The lowest BCUT2D eigenvalue weighted by atomic mass is 10.2. The van der Waals surface area contributed by atoms with Crippen molar-refractivity contribution >= 4 is 5.97 Å². The molecule has 0 N–H and O–H groups in total. The van der Waals surface area contributed by atoms with Crippen LogP contribution in [0.3, 0.4) is 0 Å². The minimum Gasteiger partial charge on any atom is -0.466 e. The maximum atomic E-state index is 10.7. The Hall–Kier alpha value is -1.05. The lowest BCUT2D eigenvalue weighted by Gasteiger charge is -1.93. The SMILES string of the molecule is COC(=O)/C=C(\C)C=C(C)C. The van der Waals surface area contributed by atoms with Crippen molar-refractivity contribution in [3.8, 4) is 0 Å². The first-order valence-electron chi connectivity index (χ1n) is 3.47. The topological polar surface area (TPSA) is 26.3 Å². The van der Waals surface area contributed by atoms with Crippen LogP contribution in [0.2, 0.25) is 0 Å². The minimum absolute atomic E-state index is 0.306. The zero-order valence-corrected chi connectivity index (χ0v) is 7.47. The first-order valence-corrected chi connectivity index (χ1v) is 3.47. The quantitative estimate of drug-likeness (QED) is 0.346. The van der Waals surface area contributed by atoms with Gasteiger partial charge >= 0.3 is 5.97 Å². The Balaban J connectivity index is 4.23. The Morgan fingerprint density at radius 1 is 1.18 bits per heavy atom. The van der Waals surface area contributed by atoms with E-state index in [9.17, 15) is 4.79 Å². The van der Waals surface area contributed by atoms with E-state index in [1.807, 2.05) is 26.8 Å². The highest BCUT2D eigenvalue weighted by Crippen LogP contribution is 2.00. The van der Waals surface area contributed by atoms with Gasteiger partial charge in [-0.05, 0) is 26.3 Å². The number of esters is 1. The predicted octanol–water partition coefficient (Wildman–Crippen LogP) is 2.07. The average Bonchev–Trinajstić information content (AvgIpc) is 1.85. The lowest BCUT2D eigenvalue weighted by molar-refractivity contribution is -0.134. The van der Waals surface area contributed by atoms with Crippen LogP contribution in [0.15, 0.2) is 23.3 Å². The van der Waals surface area contributed by atoms with Crippen molar-refractivity contribution in [2.45, 2.75) is 20.8 Å². The molecule has 0 bridgehead atoms. The smallest absolute Gasteiger partial charge is 0.330 e. The number of hydrogen-bond acceptors (Lipinski definition) is 2. The Morgan fingerprint density at radius 3 is 2.09 bits per heavy atom. The third-order valence-electron chi connectivity index (χ3n) is 1.06. The van der Waals surface area contributed by atoms with E-state index in [1.165, 1.54) is 18.8 Å². The Bertz CT molecular complexity index is 196. The average molecular weight is 154 g/mol. The fourth-order valence-electron chi connectivity index (χ4n) is 0.742. The van der Waals surface area contributed by atoms with Crippen molar-refractivity contribution in [3.63, 3.8) is 0 Å². The Labute approximate surface area is 67.6 Å². The molecule has 0 saturated carbocycles. The zero-order chi connectivity index (χ0) is 8.85. The van der Waals surface area contributed by atoms with Crippen LogP contribution in [-0.2, 0) is 9.53 Å². The molecule has 0 radical (unpaired) electrons. The van der Waals surface area contributed by atoms with E-state index in [1.54, 1.807) is 0 Å². The Morgan fingerprint density at radius 2 is 1.73 bits per heavy atom. The van der Waals surface area contributed by atoms with Crippen molar-refractivity contribution in [3.05, 3.63) is 23.3 Å². The molecular formula is C9H14O2. The summed E-state index contributed by atoms with van der Waals surface area (Å²) in [5, 5.41) is 0. The maximum Gasteiger partial charge on any atom is 0.330 e. The molecule has 0 atom stereocenters. The summed E-state index contributed by atoms with van der Waals surface area (Å²) in [7, 11) is 1.37. The van der Waals surface area contributed by atoms with Gasteiger partial charge in [0.1, 0.15) is 0 Å². The highest BCUT2D eigenvalue weighted by molar-refractivity contribution is 5.83. The molecular weight excluding hydrogens is 140 g/mol. The summed E-state index contributed by atoms with van der Waals surface area (Å²) in [6.07, 6.45) is 3.39. The van der Waals surface area contributed by atoms with Gasteiger partial charge in [0.25, 0.3) is 0 Å². The molecule has 0 spiro atoms. The third kappa shape index (κ3) is 5.40. The van der Waals surface area contributed by atoms with Gasteiger partial charge in [0, 0.05) is 6.08 Å². The van der Waals surface area contributed by atoms with E-state index < -0.39 is 0 Å². The van der Waals surface area contributed by atoms with Gasteiger partial charge in [0.05, 0.1) is 7.11 Å². The largest absolute Gasteiger partial charge is 0.466 e. The molecule has 0 rings (SSSR count). The van der Waals surface area contributed by atoms with Gasteiger partial charge in [-0.15, -0.1) is 0 Å². The van der Waals surface area contributed by atoms with Crippen molar-refractivity contribution in [1.82, 2.24) is 0 Å². The van der Waals surface area contributed by atoms with Gasteiger partial charge in [-0.1, -0.05) is 11.6 Å². The van der Waals surface area contributed by atoms with E-state index in [-0.39, 0.29) is 5.97 Å². The van der Waals surface area contributed by atoms with E-state index in [2.05, 4.69) is 4.74 Å². The molecule has 62 valence electrons. The number of methoxy groups -OCH3 is 1. The first-order chi connectivity index (χ1) is 5.06. The molecule has 0 saturated heterocycles. The molecule has 0 amide bonds. The maximum absolute atomic E-state index is 10.7. The van der Waals surface area contributed by atoms with Crippen molar-refractivity contribution in [1.29, 1.82) is 0 Å². The molecule has 0 aromatic rings. The molecule has 2 nitrogen and oxygen atoms in total. The predicted molar refractivity (Wildman–Crippen MR) is 45.2 cm³/mol. The van der Waals surface area contributed by atoms with E-state index in [0.29, 0.717) is 0 Å². The van der Waals surface area contributed by atoms with Crippen LogP contribution in [0.4, 0.5) is 0 Å². The molecule has 11 heavy (non-hydrogen) atoms. The molecule has 0 aliphatic heterocycles. The summed E-state index contributed by atoms with van der Waals surface area (Å²) in [6.45, 7) is 5.83. The highest BCUT2D eigenvalue weighted by Gasteiger charge is 1.92. The standard InChI is InChI=1S/C9H14O2/c1-7(2)5-8(3)6-9(10)11-4/h5-6H,1-4H3/b8-6+. The van der Waals surface area contributed by atoms with E-state index >= 15 is 0 Å². The molecule has 0 aliphatic rings. The van der Waals surface area contributed by atoms with Crippen LogP contribution in [-0.4, -0.2) is 13.1 Å². The van der Waals surface area contributed by atoms with Gasteiger partial charge < -0.3 is 4.74 Å². The Kier molecular flexibility index (Phi) is 4.27. The normalized spacial score (nSPS) is 10.7. The summed E-state index contributed by atoms with van der Waals surface area (Å²) in [5.74, 6) is -0.306. The number of hydrogen-bond donors (Lipinski definition) is 0. The molecule has 0 aromatic carbocycles. The van der Waals surface area contributed by atoms with Gasteiger partial charge in [0.15, 0.2) is 0 Å². The summed E-state index contributed by atoms with van der Waals surface area (Å²) >= 11 is 0. The van der Waals surface area contributed by atoms with E-state index in [4.69, 9.17) is 0 Å². The van der Waals surface area contributed by atoms with Crippen molar-refractivity contribution in [2.75, 3.05) is 7.11 Å². The number of carbonyl (C=O) groups excluding carboxylic acids is 1. The molecule has 0 aliphatic carbocycles. The summed E-state index contributed by atoms with van der Waals surface area (Å²) in [6, 6.07) is 0. The van der Waals surface area contributed by atoms with Crippen LogP contribution in [0.25, 0.3) is 0 Å². The number of ether oxygens (including phenoxy) is 1. The second-order valence-electron chi connectivity index (χ2n) is 2.63. The van der Waals surface area contributed by atoms with E-state index in [0.717, 1.165) is 5.57 Å². The van der Waals surface area contributed by atoms with Gasteiger partial charge in [0.2, 0.25) is 0 Å². The van der Waals surface area contributed by atoms with Crippen molar-refractivity contribution < 1.29 is 9.53 Å². The van der Waals surface area contributed by atoms with Crippen LogP contribution < -0.4 is 0 Å². The lowest BCUT2D eigenvalue weighted by Crippen LogP contribution is -1.94.